The quantitative estimate of drug-likeness (QED) is 0.885. The van der Waals surface area contributed by atoms with Gasteiger partial charge >= 0.3 is 0 Å². The van der Waals surface area contributed by atoms with Crippen molar-refractivity contribution in [1.82, 2.24) is 15.2 Å². The summed E-state index contributed by atoms with van der Waals surface area (Å²) >= 11 is 3.34. The minimum atomic E-state index is 0.0607. The summed E-state index contributed by atoms with van der Waals surface area (Å²) in [7, 11) is 0. The topological polar surface area (TPSA) is 70.7 Å². The van der Waals surface area contributed by atoms with Crippen molar-refractivity contribution in [3.8, 4) is 0 Å². The van der Waals surface area contributed by atoms with Crippen molar-refractivity contribution in [2.75, 3.05) is 5.32 Å². The Labute approximate surface area is 99.8 Å². The number of nitrogens with zero attached hydrogens (tertiary/aromatic N) is 2. The molecule has 0 aromatic carbocycles. The fourth-order valence-electron chi connectivity index (χ4n) is 1.54. The molecule has 1 fully saturated rings. The summed E-state index contributed by atoms with van der Waals surface area (Å²) in [6, 6.07) is 1.88. The van der Waals surface area contributed by atoms with Crippen LogP contribution in [-0.4, -0.2) is 21.1 Å². The van der Waals surface area contributed by atoms with E-state index in [1.54, 1.807) is 6.20 Å². The number of hydrogen-bond donors (Lipinski definition) is 2. The normalized spacial score (nSPS) is 15.3. The summed E-state index contributed by atoms with van der Waals surface area (Å²) in [5.41, 5.74) is 0.606. The zero-order valence-electron chi connectivity index (χ0n) is 8.33. The van der Waals surface area contributed by atoms with Crippen molar-refractivity contribution >= 4 is 38.7 Å². The fourth-order valence-corrected chi connectivity index (χ4v) is 1.87. The third-order valence-electron chi connectivity index (χ3n) is 2.57. The van der Waals surface area contributed by atoms with Crippen LogP contribution in [-0.2, 0) is 4.79 Å². The Balaban J connectivity index is 1.96. The smallest absolute Gasteiger partial charge is 0.228 e. The lowest BCUT2D eigenvalue weighted by atomic mass is 10.3. The molecule has 1 aliphatic rings. The molecule has 3 rings (SSSR count). The highest BCUT2D eigenvalue weighted by molar-refractivity contribution is 9.10. The molecule has 1 amide bonds. The van der Waals surface area contributed by atoms with Crippen molar-refractivity contribution < 1.29 is 4.79 Å². The summed E-state index contributed by atoms with van der Waals surface area (Å²) in [5.74, 6) is 0.865. The Bertz CT molecular complexity index is 561. The number of aromatic amines is 1. The second kappa shape index (κ2) is 3.55. The molecule has 0 radical (unpaired) electrons. The number of anilines is 1. The second-order valence-electron chi connectivity index (χ2n) is 3.89. The van der Waals surface area contributed by atoms with Gasteiger partial charge in [-0.05, 0) is 34.8 Å². The maximum atomic E-state index is 11.6. The van der Waals surface area contributed by atoms with Crippen molar-refractivity contribution in [1.29, 1.82) is 0 Å². The Morgan fingerprint density at radius 2 is 2.38 bits per heavy atom. The molecule has 16 heavy (non-hydrogen) atoms. The monoisotopic (exact) mass is 280 g/mol. The molecule has 1 saturated carbocycles. The number of aromatic nitrogens is 3. The lowest BCUT2D eigenvalue weighted by Crippen LogP contribution is -2.13. The van der Waals surface area contributed by atoms with Crippen LogP contribution in [0.5, 0.6) is 0 Å². The molecular formula is C10H9BrN4O. The van der Waals surface area contributed by atoms with Crippen molar-refractivity contribution in [2.45, 2.75) is 12.8 Å². The average molecular weight is 281 g/mol. The van der Waals surface area contributed by atoms with E-state index in [0.29, 0.717) is 11.5 Å². The molecule has 2 N–H and O–H groups in total. The van der Waals surface area contributed by atoms with Crippen LogP contribution in [0.1, 0.15) is 12.8 Å². The third kappa shape index (κ3) is 1.69. The number of H-pyrrole nitrogens is 1. The number of fused-ring (bicyclic) bond motifs is 1. The van der Waals surface area contributed by atoms with E-state index in [4.69, 9.17) is 0 Å². The number of rotatable bonds is 2. The van der Waals surface area contributed by atoms with Crippen molar-refractivity contribution in [3.63, 3.8) is 0 Å². The van der Waals surface area contributed by atoms with Crippen LogP contribution in [0.15, 0.2) is 16.7 Å². The molecule has 0 saturated heterocycles. The number of halogens is 1. The average Bonchev–Trinajstić information content (AvgIpc) is 3.04. The van der Waals surface area contributed by atoms with Gasteiger partial charge in [-0.15, -0.1) is 0 Å². The molecule has 5 nitrogen and oxygen atoms in total. The number of carbonyl (C=O) groups excluding carboxylic acids is 1. The molecule has 0 atom stereocenters. The molecule has 0 unspecified atom stereocenters. The summed E-state index contributed by atoms with van der Waals surface area (Å²) in [6.45, 7) is 0. The zero-order chi connectivity index (χ0) is 11.1. The molecule has 2 aromatic rings. The number of nitrogens with one attached hydrogen (secondary N) is 2. The molecule has 2 aromatic heterocycles. The summed E-state index contributed by atoms with van der Waals surface area (Å²) in [4.78, 5) is 15.7. The van der Waals surface area contributed by atoms with Gasteiger partial charge in [0.25, 0.3) is 0 Å². The van der Waals surface area contributed by atoms with Crippen molar-refractivity contribution in [2.24, 2.45) is 5.92 Å². The fraction of sp³-hybridized carbons (Fsp3) is 0.300. The van der Waals surface area contributed by atoms with Gasteiger partial charge in [0.15, 0.2) is 5.65 Å². The molecular weight excluding hydrogens is 272 g/mol. The number of amides is 1. The zero-order valence-corrected chi connectivity index (χ0v) is 9.91. The highest BCUT2D eigenvalue weighted by atomic mass is 79.9. The molecule has 2 heterocycles. The molecule has 6 heteroatoms. The Morgan fingerprint density at radius 1 is 1.56 bits per heavy atom. The van der Waals surface area contributed by atoms with Crippen LogP contribution in [0.3, 0.4) is 0 Å². The largest absolute Gasteiger partial charge is 0.310 e. The highest BCUT2D eigenvalue weighted by Gasteiger charge is 2.30. The van der Waals surface area contributed by atoms with Gasteiger partial charge in [-0.1, -0.05) is 0 Å². The maximum absolute atomic E-state index is 11.6. The van der Waals surface area contributed by atoms with Gasteiger partial charge in [-0.3, -0.25) is 9.89 Å². The highest BCUT2D eigenvalue weighted by Crippen LogP contribution is 2.31. The van der Waals surface area contributed by atoms with E-state index in [2.05, 4.69) is 36.4 Å². The molecule has 0 aliphatic heterocycles. The Morgan fingerprint density at radius 3 is 3.12 bits per heavy atom. The first-order chi connectivity index (χ1) is 7.74. The predicted molar refractivity (Wildman–Crippen MR) is 62.9 cm³/mol. The first-order valence-electron chi connectivity index (χ1n) is 5.04. The van der Waals surface area contributed by atoms with Crippen molar-refractivity contribution in [3.05, 3.63) is 16.7 Å². The van der Waals surface area contributed by atoms with Crippen LogP contribution in [0.4, 0.5) is 5.82 Å². The van der Waals surface area contributed by atoms with Crippen LogP contribution in [0.2, 0.25) is 0 Å². The molecule has 0 spiro atoms. The first-order valence-corrected chi connectivity index (χ1v) is 5.84. The van der Waals surface area contributed by atoms with E-state index in [9.17, 15) is 4.79 Å². The Hall–Kier alpha value is -1.43. The van der Waals surface area contributed by atoms with E-state index in [-0.39, 0.29) is 11.8 Å². The summed E-state index contributed by atoms with van der Waals surface area (Å²) < 4.78 is 0.864. The van der Waals surface area contributed by atoms with Crippen LogP contribution in [0.25, 0.3) is 11.0 Å². The molecule has 82 valence electrons. The van der Waals surface area contributed by atoms with Crippen LogP contribution in [0, 0.1) is 5.92 Å². The van der Waals surface area contributed by atoms with Gasteiger partial charge in [-0.25, -0.2) is 4.98 Å². The third-order valence-corrected chi connectivity index (χ3v) is 3.01. The van der Waals surface area contributed by atoms with Gasteiger partial charge in [0.05, 0.1) is 5.39 Å². The van der Waals surface area contributed by atoms with Gasteiger partial charge in [0, 0.05) is 16.6 Å². The molecule has 0 bridgehead atoms. The minimum Gasteiger partial charge on any atom is -0.310 e. The van der Waals surface area contributed by atoms with E-state index >= 15 is 0 Å². The summed E-state index contributed by atoms with van der Waals surface area (Å²) in [6.07, 6.45) is 3.65. The maximum Gasteiger partial charge on any atom is 0.228 e. The molecule has 1 aliphatic carbocycles. The van der Waals surface area contributed by atoms with Crippen LogP contribution < -0.4 is 5.32 Å². The minimum absolute atomic E-state index is 0.0607. The summed E-state index contributed by atoms with van der Waals surface area (Å²) in [5, 5.41) is 10.5. The first kappa shape index (κ1) is 9.77. The van der Waals surface area contributed by atoms with E-state index in [1.807, 2.05) is 6.07 Å². The SMILES string of the molecule is O=C(Nc1[nH]nc2ncc(Br)cc12)C1CC1. The van der Waals surface area contributed by atoms with E-state index < -0.39 is 0 Å². The van der Waals surface area contributed by atoms with Gasteiger partial charge in [0.2, 0.25) is 5.91 Å². The van der Waals surface area contributed by atoms with E-state index in [1.165, 1.54) is 0 Å². The lowest BCUT2D eigenvalue weighted by molar-refractivity contribution is -0.117. The Kier molecular flexibility index (Phi) is 2.17. The number of pyridine rings is 1. The van der Waals surface area contributed by atoms with Gasteiger partial charge in [-0.2, -0.15) is 5.10 Å². The second-order valence-corrected chi connectivity index (χ2v) is 4.80. The van der Waals surface area contributed by atoms with Gasteiger partial charge < -0.3 is 5.32 Å². The number of hydrogen-bond acceptors (Lipinski definition) is 3. The standard InChI is InChI=1S/C10H9BrN4O/c11-6-3-7-8(12-4-6)14-15-9(7)13-10(16)5-1-2-5/h3-5H,1-2H2,(H2,12,13,14,15,16). The number of carbonyl (C=O) groups is 1. The van der Waals surface area contributed by atoms with Crippen LogP contribution >= 0.6 is 15.9 Å². The van der Waals surface area contributed by atoms with Gasteiger partial charge in [0.1, 0.15) is 5.82 Å². The van der Waals surface area contributed by atoms with E-state index in [0.717, 1.165) is 22.7 Å². The lowest BCUT2D eigenvalue weighted by Gasteiger charge is -2.00. The predicted octanol–water partition coefficient (Wildman–Crippen LogP) is 2.07.